The summed E-state index contributed by atoms with van der Waals surface area (Å²) in [6.07, 6.45) is 2.48. The molecular weight excluding hydrogens is 460 g/mol. The van der Waals surface area contributed by atoms with Gasteiger partial charge in [0, 0.05) is 31.0 Å². The number of sulfone groups is 2. The first-order chi connectivity index (χ1) is 13.4. The summed E-state index contributed by atoms with van der Waals surface area (Å²) in [5.74, 6) is -1.24. The van der Waals surface area contributed by atoms with Crippen LogP contribution in [0.2, 0.25) is 5.02 Å². The number of thiophene rings is 1. The topological polar surface area (TPSA) is 109 Å². The second-order valence-electron chi connectivity index (χ2n) is 6.49. The van der Waals surface area contributed by atoms with Crippen molar-refractivity contribution in [2.45, 2.75) is 16.2 Å². The Kier molecular flexibility index (Phi) is 5.78. The zero-order valence-corrected chi connectivity index (χ0v) is 18.7. The maximum absolute atomic E-state index is 13.1. The van der Waals surface area contributed by atoms with Gasteiger partial charge in [-0.05, 0) is 18.6 Å². The summed E-state index contributed by atoms with van der Waals surface area (Å²) in [7, 11) is -7.26. The molecule has 0 saturated carbocycles. The van der Waals surface area contributed by atoms with Gasteiger partial charge in [0.1, 0.15) is 4.88 Å². The van der Waals surface area contributed by atoms with Crippen molar-refractivity contribution in [1.29, 1.82) is 0 Å². The van der Waals surface area contributed by atoms with Crippen molar-refractivity contribution < 1.29 is 26.4 Å². The third-order valence-corrected chi connectivity index (χ3v) is 8.32. The summed E-state index contributed by atoms with van der Waals surface area (Å²) in [5, 5.41) is 3.44. The van der Waals surface area contributed by atoms with Crippen LogP contribution in [0.3, 0.4) is 0 Å². The van der Waals surface area contributed by atoms with E-state index >= 15 is 0 Å². The van der Waals surface area contributed by atoms with Crippen LogP contribution in [-0.4, -0.2) is 64.3 Å². The molecule has 0 spiro atoms. The number of nitrogens with zero attached hydrogens (tertiary/aromatic N) is 2. The number of rotatable bonds is 4. The van der Waals surface area contributed by atoms with Crippen LogP contribution >= 0.6 is 22.9 Å². The molecular formula is C17H17ClN2O6S3. The third-order valence-electron chi connectivity index (χ3n) is 4.31. The molecule has 12 heteroatoms. The van der Waals surface area contributed by atoms with Gasteiger partial charge in [-0.1, -0.05) is 23.7 Å². The van der Waals surface area contributed by atoms with Crippen molar-refractivity contribution in [1.82, 2.24) is 10.0 Å². The second-order valence-corrected chi connectivity index (χ2v) is 11.7. The standard InChI is InChI=1S/C17H17ClN2O6S3/c1-28(23,24)12-7-4-3-6-11(12)16(21)19-8-5-9-20(19)17(22)15-14(18)13(10-27-15)29(2,25)26/h3-4,6-7,10H,5,8-9H2,1-2H3. The third kappa shape index (κ3) is 4.18. The zero-order chi connectivity index (χ0) is 21.6. The lowest BCUT2D eigenvalue weighted by molar-refractivity contribution is 0.0187. The van der Waals surface area contributed by atoms with E-state index in [1.165, 1.54) is 33.6 Å². The predicted molar refractivity (Wildman–Crippen MR) is 109 cm³/mol. The van der Waals surface area contributed by atoms with Gasteiger partial charge >= 0.3 is 0 Å². The van der Waals surface area contributed by atoms with Crippen LogP contribution in [0.1, 0.15) is 26.5 Å². The molecule has 1 aliphatic heterocycles. The highest BCUT2D eigenvalue weighted by Gasteiger charge is 2.36. The number of hydrogen-bond donors (Lipinski definition) is 0. The van der Waals surface area contributed by atoms with E-state index in [0.717, 1.165) is 23.8 Å². The van der Waals surface area contributed by atoms with Crippen LogP contribution in [0.5, 0.6) is 0 Å². The predicted octanol–water partition coefficient (Wildman–Crippen LogP) is 2.11. The average Bonchev–Trinajstić information content (AvgIpc) is 3.26. The van der Waals surface area contributed by atoms with Gasteiger partial charge in [-0.2, -0.15) is 0 Å². The molecule has 2 heterocycles. The van der Waals surface area contributed by atoms with E-state index in [1.54, 1.807) is 6.07 Å². The Hall–Kier alpha value is -1.95. The molecule has 1 aromatic heterocycles. The maximum atomic E-state index is 13.1. The number of amides is 2. The molecule has 2 amide bonds. The molecule has 29 heavy (non-hydrogen) atoms. The zero-order valence-electron chi connectivity index (χ0n) is 15.5. The highest BCUT2D eigenvalue weighted by Crippen LogP contribution is 2.33. The Morgan fingerprint density at radius 1 is 0.931 bits per heavy atom. The van der Waals surface area contributed by atoms with Crippen LogP contribution in [0.15, 0.2) is 39.4 Å². The van der Waals surface area contributed by atoms with E-state index in [9.17, 15) is 26.4 Å². The van der Waals surface area contributed by atoms with Gasteiger partial charge in [0.15, 0.2) is 19.7 Å². The minimum atomic E-state index is -3.65. The fourth-order valence-electron chi connectivity index (χ4n) is 2.98. The fourth-order valence-corrected chi connectivity index (χ4v) is 6.71. The molecule has 0 atom stereocenters. The summed E-state index contributed by atoms with van der Waals surface area (Å²) in [6, 6.07) is 5.77. The van der Waals surface area contributed by atoms with E-state index in [0.29, 0.717) is 6.42 Å². The van der Waals surface area contributed by atoms with Crippen molar-refractivity contribution in [3.63, 3.8) is 0 Å². The summed E-state index contributed by atoms with van der Waals surface area (Å²) in [5.41, 5.74) is -0.0381. The van der Waals surface area contributed by atoms with E-state index in [-0.39, 0.29) is 38.3 Å². The number of hydrazine groups is 1. The normalized spacial score (nSPS) is 15.0. The molecule has 0 radical (unpaired) electrons. The Morgan fingerprint density at radius 3 is 2.03 bits per heavy atom. The molecule has 2 aromatic rings. The van der Waals surface area contributed by atoms with E-state index in [4.69, 9.17) is 11.6 Å². The minimum absolute atomic E-state index is 0.00295. The lowest BCUT2D eigenvalue weighted by Crippen LogP contribution is -2.45. The van der Waals surface area contributed by atoms with Crippen molar-refractivity contribution in [3.05, 3.63) is 45.1 Å². The first-order valence-electron chi connectivity index (χ1n) is 8.32. The second kappa shape index (κ2) is 7.71. The number of hydrogen-bond acceptors (Lipinski definition) is 7. The van der Waals surface area contributed by atoms with Crippen molar-refractivity contribution >= 4 is 54.4 Å². The largest absolute Gasteiger partial charge is 0.284 e. The molecule has 156 valence electrons. The molecule has 3 rings (SSSR count). The number of benzene rings is 1. The van der Waals surface area contributed by atoms with Crippen LogP contribution in [0, 0.1) is 0 Å². The van der Waals surface area contributed by atoms with Crippen LogP contribution in [-0.2, 0) is 19.7 Å². The Balaban J connectivity index is 1.97. The van der Waals surface area contributed by atoms with E-state index in [2.05, 4.69) is 0 Å². The van der Waals surface area contributed by atoms with Crippen LogP contribution < -0.4 is 0 Å². The minimum Gasteiger partial charge on any atom is -0.267 e. The maximum Gasteiger partial charge on any atom is 0.284 e. The van der Waals surface area contributed by atoms with Gasteiger partial charge in [-0.3, -0.25) is 9.59 Å². The summed E-state index contributed by atoms with van der Waals surface area (Å²) < 4.78 is 47.6. The monoisotopic (exact) mass is 476 g/mol. The summed E-state index contributed by atoms with van der Waals surface area (Å²) in [6.45, 7) is 0.429. The van der Waals surface area contributed by atoms with Gasteiger partial charge < -0.3 is 0 Å². The Labute approximate surface area is 177 Å². The van der Waals surface area contributed by atoms with Crippen molar-refractivity contribution in [3.8, 4) is 0 Å². The molecule has 0 aliphatic carbocycles. The first-order valence-corrected chi connectivity index (χ1v) is 13.4. The fraction of sp³-hybridized carbons (Fsp3) is 0.294. The van der Waals surface area contributed by atoms with Gasteiger partial charge in [0.25, 0.3) is 11.8 Å². The highest BCUT2D eigenvalue weighted by molar-refractivity contribution is 7.91. The van der Waals surface area contributed by atoms with Crippen LogP contribution in [0.25, 0.3) is 0 Å². The van der Waals surface area contributed by atoms with E-state index in [1.807, 2.05) is 0 Å². The SMILES string of the molecule is CS(=O)(=O)c1ccccc1C(=O)N1CCCN1C(=O)c1scc(S(C)(=O)=O)c1Cl. The molecule has 8 nitrogen and oxygen atoms in total. The molecule has 1 fully saturated rings. The number of halogens is 1. The molecule has 1 aliphatic rings. The lowest BCUT2D eigenvalue weighted by Gasteiger charge is -2.28. The molecule has 1 aromatic carbocycles. The van der Waals surface area contributed by atoms with Crippen molar-refractivity contribution in [2.75, 3.05) is 25.6 Å². The Bertz CT molecular complexity index is 1200. The van der Waals surface area contributed by atoms with Crippen molar-refractivity contribution in [2.24, 2.45) is 0 Å². The van der Waals surface area contributed by atoms with Crippen LogP contribution in [0.4, 0.5) is 0 Å². The highest BCUT2D eigenvalue weighted by atomic mass is 35.5. The van der Waals surface area contributed by atoms with Gasteiger partial charge in [0.2, 0.25) is 0 Å². The molecule has 1 saturated heterocycles. The molecule has 0 bridgehead atoms. The number of carbonyl (C=O) groups excluding carboxylic acids is 2. The summed E-state index contributed by atoms with van der Waals surface area (Å²) >= 11 is 6.99. The number of carbonyl (C=O) groups is 2. The average molecular weight is 477 g/mol. The van der Waals surface area contributed by atoms with Gasteiger partial charge in [0.05, 0.1) is 20.4 Å². The first kappa shape index (κ1) is 21.8. The molecule has 0 unspecified atom stereocenters. The van der Waals surface area contributed by atoms with Gasteiger partial charge in [-0.25, -0.2) is 26.9 Å². The summed E-state index contributed by atoms with van der Waals surface area (Å²) in [4.78, 5) is 25.8. The smallest absolute Gasteiger partial charge is 0.267 e. The molecule has 0 N–H and O–H groups in total. The van der Waals surface area contributed by atoms with Gasteiger partial charge in [-0.15, -0.1) is 11.3 Å². The lowest BCUT2D eigenvalue weighted by atomic mass is 10.2. The van der Waals surface area contributed by atoms with E-state index < -0.39 is 31.5 Å². The quantitative estimate of drug-likeness (QED) is 0.668. The Morgan fingerprint density at radius 2 is 1.48 bits per heavy atom.